The molecule has 0 fully saturated rings. The van der Waals surface area contributed by atoms with Crippen molar-refractivity contribution < 1.29 is 0 Å². The molecule has 0 saturated heterocycles. The van der Waals surface area contributed by atoms with Gasteiger partial charge in [-0.2, -0.15) is 0 Å². The summed E-state index contributed by atoms with van der Waals surface area (Å²) in [5.41, 5.74) is 13.5. The summed E-state index contributed by atoms with van der Waals surface area (Å²) < 4.78 is 0. The smallest absolute Gasteiger partial charge is 0.0105 e. The van der Waals surface area contributed by atoms with E-state index in [1.165, 1.54) is 77.2 Å². The third-order valence-corrected chi connectivity index (χ3v) is 8.97. The number of hydrogen-bond acceptors (Lipinski definition) is 0. The fraction of sp³-hybridized carbons (Fsp3) is 0.0732. The van der Waals surface area contributed by atoms with E-state index in [4.69, 9.17) is 0 Å². The van der Waals surface area contributed by atoms with Crippen molar-refractivity contribution in [3.63, 3.8) is 0 Å². The minimum Gasteiger partial charge on any atom is -0.0645 e. The zero-order chi connectivity index (χ0) is 27.3. The standard InChI is InChI=1S/C41H30/c1-2-28-30-18-7-8-19-31(30)33-25-14-26-38(39(28)33)41-36-23-12-10-21-34(36)40(35-22-11-13-24-37(35)41)32-20-9-6-17-29(32)27-15-4-3-5-16-27/h3-26,28H,2H2,1H3. The zero-order valence-corrected chi connectivity index (χ0v) is 23.1. The van der Waals surface area contributed by atoms with Gasteiger partial charge in [-0.3, -0.25) is 0 Å². The molecule has 0 aromatic heterocycles. The van der Waals surface area contributed by atoms with E-state index in [0.29, 0.717) is 5.92 Å². The molecular formula is C41H30. The van der Waals surface area contributed by atoms with Crippen LogP contribution in [-0.4, -0.2) is 0 Å². The van der Waals surface area contributed by atoms with Crippen LogP contribution < -0.4 is 0 Å². The summed E-state index contributed by atoms with van der Waals surface area (Å²) in [6, 6.07) is 53.7. The van der Waals surface area contributed by atoms with Gasteiger partial charge in [-0.25, -0.2) is 0 Å². The first kappa shape index (κ1) is 23.9. The molecule has 7 aromatic rings. The lowest BCUT2D eigenvalue weighted by molar-refractivity contribution is 0.799. The van der Waals surface area contributed by atoms with Gasteiger partial charge >= 0.3 is 0 Å². The van der Waals surface area contributed by atoms with E-state index in [1.807, 2.05) is 0 Å². The molecule has 8 rings (SSSR count). The first-order chi connectivity index (χ1) is 20.3. The number of fused-ring (bicyclic) bond motifs is 5. The van der Waals surface area contributed by atoms with Crippen molar-refractivity contribution in [1.82, 2.24) is 0 Å². The van der Waals surface area contributed by atoms with Crippen molar-refractivity contribution in [2.24, 2.45) is 0 Å². The molecular weight excluding hydrogens is 492 g/mol. The van der Waals surface area contributed by atoms with Gasteiger partial charge in [0.1, 0.15) is 0 Å². The number of rotatable bonds is 4. The molecule has 0 nitrogen and oxygen atoms in total. The lowest BCUT2D eigenvalue weighted by Gasteiger charge is -2.22. The highest BCUT2D eigenvalue weighted by molar-refractivity contribution is 6.23. The summed E-state index contributed by atoms with van der Waals surface area (Å²) in [7, 11) is 0. The lowest BCUT2D eigenvalue weighted by Crippen LogP contribution is -1.99. The molecule has 1 unspecified atom stereocenters. The molecule has 0 aliphatic heterocycles. The third kappa shape index (κ3) is 3.61. The van der Waals surface area contributed by atoms with Crippen molar-refractivity contribution in [3.8, 4) is 44.5 Å². The Morgan fingerprint density at radius 2 is 0.854 bits per heavy atom. The van der Waals surface area contributed by atoms with Crippen LogP contribution in [0.5, 0.6) is 0 Å². The van der Waals surface area contributed by atoms with E-state index >= 15 is 0 Å². The van der Waals surface area contributed by atoms with Crippen LogP contribution >= 0.6 is 0 Å². The summed E-state index contributed by atoms with van der Waals surface area (Å²) in [6.07, 6.45) is 1.08. The topological polar surface area (TPSA) is 0 Å². The Kier molecular flexibility index (Phi) is 5.60. The molecule has 0 heterocycles. The minimum absolute atomic E-state index is 0.397. The second-order valence-electron chi connectivity index (χ2n) is 11.1. The molecule has 194 valence electrons. The van der Waals surface area contributed by atoms with Crippen LogP contribution in [0, 0.1) is 0 Å². The van der Waals surface area contributed by atoms with Gasteiger partial charge in [-0.05, 0) is 83.6 Å². The molecule has 1 aliphatic rings. The SMILES string of the molecule is CCC1c2ccccc2-c2cccc(-c3c4ccccc4c(-c4ccccc4-c4ccccc4)c4ccccc34)c21. The minimum atomic E-state index is 0.397. The molecule has 0 N–H and O–H groups in total. The molecule has 0 radical (unpaired) electrons. The molecule has 0 bridgehead atoms. The Bertz CT molecular complexity index is 2020. The van der Waals surface area contributed by atoms with Crippen LogP contribution in [0.4, 0.5) is 0 Å². The van der Waals surface area contributed by atoms with Gasteiger partial charge in [0.05, 0.1) is 0 Å². The van der Waals surface area contributed by atoms with Crippen LogP contribution in [0.15, 0.2) is 146 Å². The zero-order valence-electron chi connectivity index (χ0n) is 23.1. The van der Waals surface area contributed by atoms with Gasteiger partial charge in [0, 0.05) is 5.92 Å². The van der Waals surface area contributed by atoms with Gasteiger partial charge in [-0.1, -0.05) is 153 Å². The highest BCUT2D eigenvalue weighted by Crippen LogP contribution is 2.53. The fourth-order valence-electron chi connectivity index (χ4n) is 7.30. The van der Waals surface area contributed by atoms with E-state index in [-0.39, 0.29) is 0 Å². The largest absolute Gasteiger partial charge is 0.0645 e. The summed E-state index contributed by atoms with van der Waals surface area (Å²) in [6.45, 7) is 2.33. The quantitative estimate of drug-likeness (QED) is 0.202. The highest BCUT2D eigenvalue weighted by Gasteiger charge is 2.31. The lowest BCUT2D eigenvalue weighted by atomic mass is 9.81. The normalized spacial score (nSPS) is 13.8. The average molecular weight is 523 g/mol. The highest BCUT2D eigenvalue weighted by atomic mass is 14.3. The van der Waals surface area contributed by atoms with E-state index < -0.39 is 0 Å². The summed E-state index contributed by atoms with van der Waals surface area (Å²) >= 11 is 0. The first-order valence-corrected chi connectivity index (χ1v) is 14.7. The second kappa shape index (κ2) is 9.61. The molecule has 0 saturated carbocycles. The second-order valence-corrected chi connectivity index (χ2v) is 11.1. The summed E-state index contributed by atoms with van der Waals surface area (Å²) in [5, 5.41) is 5.21. The Hall–Kier alpha value is -4.94. The number of hydrogen-bond donors (Lipinski definition) is 0. The molecule has 0 spiro atoms. The van der Waals surface area contributed by atoms with Crippen molar-refractivity contribution >= 4 is 21.5 Å². The van der Waals surface area contributed by atoms with Gasteiger partial charge in [-0.15, -0.1) is 0 Å². The van der Waals surface area contributed by atoms with Crippen molar-refractivity contribution in [2.75, 3.05) is 0 Å². The monoisotopic (exact) mass is 522 g/mol. The Balaban J connectivity index is 1.49. The predicted octanol–water partition coefficient (Wildman–Crippen LogP) is 11.5. The van der Waals surface area contributed by atoms with Crippen LogP contribution in [0.25, 0.3) is 66.1 Å². The van der Waals surface area contributed by atoms with Crippen molar-refractivity contribution in [3.05, 3.63) is 157 Å². The van der Waals surface area contributed by atoms with E-state index in [1.54, 1.807) is 0 Å². The molecule has 41 heavy (non-hydrogen) atoms. The van der Waals surface area contributed by atoms with Gasteiger partial charge < -0.3 is 0 Å². The molecule has 1 atom stereocenters. The maximum atomic E-state index is 2.36. The predicted molar refractivity (Wildman–Crippen MR) is 175 cm³/mol. The molecule has 0 heteroatoms. The van der Waals surface area contributed by atoms with Gasteiger partial charge in [0.15, 0.2) is 0 Å². The Morgan fingerprint density at radius 3 is 1.49 bits per heavy atom. The molecule has 7 aromatic carbocycles. The number of benzene rings is 7. The Morgan fingerprint density at radius 1 is 0.390 bits per heavy atom. The summed E-state index contributed by atoms with van der Waals surface area (Å²) in [5.74, 6) is 0.397. The Labute approximate surface area is 241 Å². The first-order valence-electron chi connectivity index (χ1n) is 14.7. The van der Waals surface area contributed by atoms with E-state index in [9.17, 15) is 0 Å². The van der Waals surface area contributed by atoms with Crippen LogP contribution in [0.2, 0.25) is 0 Å². The fourth-order valence-corrected chi connectivity index (χ4v) is 7.30. The van der Waals surface area contributed by atoms with Gasteiger partial charge in [0.2, 0.25) is 0 Å². The van der Waals surface area contributed by atoms with Gasteiger partial charge in [0.25, 0.3) is 0 Å². The van der Waals surface area contributed by atoms with E-state index in [2.05, 4.69) is 153 Å². The van der Waals surface area contributed by atoms with Crippen LogP contribution in [0.3, 0.4) is 0 Å². The van der Waals surface area contributed by atoms with Crippen molar-refractivity contribution in [2.45, 2.75) is 19.3 Å². The van der Waals surface area contributed by atoms with Crippen LogP contribution in [-0.2, 0) is 0 Å². The third-order valence-electron chi connectivity index (χ3n) is 8.97. The van der Waals surface area contributed by atoms with Crippen LogP contribution in [0.1, 0.15) is 30.4 Å². The van der Waals surface area contributed by atoms with E-state index in [0.717, 1.165) is 6.42 Å². The average Bonchev–Trinajstić information content (AvgIpc) is 3.38. The molecule has 1 aliphatic carbocycles. The molecule has 0 amide bonds. The summed E-state index contributed by atoms with van der Waals surface area (Å²) in [4.78, 5) is 0. The maximum Gasteiger partial charge on any atom is 0.0105 e. The maximum absolute atomic E-state index is 2.36. The van der Waals surface area contributed by atoms with Crippen molar-refractivity contribution in [1.29, 1.82) is 0 Å².